The molecule has 0 bridgehead atoms. The van der Waals surface area contributed by atoms with Crippen LogP contribution in [0.2, 0.25) is 0 Å². The normalized spacial score (nSPS) is 7.54. The first-order valence-corrected chi connectivity index (χ1v) is 3.94. The van der Waals surface area contributed by atoms with Crippen LogP contribution in [-0.4, -0.2) is 11.9 Å². The molecule has 0 N–H and O–H groups in total. The zero-order chi connectivity index (χ0) is 9.98. The molecule has 0 aromatic carbocycles. The van der Waals surface area contributed by atoms with Gasteiger partial charge in [0.05, 0.1) is 0 Å². The van der Waals surface area contributed by atoms with Crippen LogP contribution in [0.4, 0.5) is 0 Å². The second-order valence-electron chi connectivity index (χ2n) is 2.24. The summed E-state index contributed by atoms with van der Waals surface area (Å²) in [6.45, 7) is 3.60. The Labute approximate surface area is 88.8 Å². The zero-order valence-corrected chi connectivity index (χ0v) is 8.92. The number of carbonyl (C=O) groups is 2. The molecular formula is C8H14FeO4. The molecule has 0 aliphatic carbocycles. The average Bonchev–Trinajstić information content (AvgIpc) is 1.87. The fourth-order valence-electron chi connectivity index (χ4n) is 0.408. The summed E-state index contributed by atoms with van der Waals surface area (Å²) in [5.74, 6) is -1.92. The van der Waals surface area contributed by atoms with Gasteiger partial charge in [0.25, 0.3) is 0 Å². The topological polar surface area (TPSA) is 80.3 Å². The van der Waals surface area contributed by atoms with Gasteiger partial charge in [-0.3, -0.25) is 0 Å². The molecule has 78 valence electrons. The molecule has 0 unspecified atom stereocenters. The van der Waals surface area contributed by atoms with Crippen LogP contribution in [0.3, 0.4) is 0 Å². The van der Waals surface area contributed by atoms with E-state index in [2.05, 4.69) is 0 Å². The van der Waals surface area contributed by atoms with E-state index in [0.717, 1.165) is 0 Å². The number of carboxylic acid groups (broad SMARTS) is 2. The van der Waals surface area contributed by atoms with E-state index in [1.165, 1.54) is 0 Å². The number of hydrogen-bond donors (Lipinski definition) is 0. The van der Waals surface area contributed by atoms with Crippen molar-refractivity contribution in [3.05, 3.63) is 0 Å². The quantitative estimate of drug-likeness (QED) is 0.584. The van der Waals surface area contributed by atoms with Crippen molar-refractivity contribution in [1.82, 2.24) is 0 Å². The summed E-state index contributed by atoms with van der Waals surface area (Å²) >= 11 is 0. The summed E-state index contributed by atoms with van der Waals surface area (Å²) in [6, 6.07) is 0. The first-order chi connectivity index (χ1) is 5.54. The fraction of sp³-hybridized carbons (Fsp3) is 0.750. The molecule has 0 amide bonds. The first kappa shape index (κ1) is 18.3. The van der Waals surface area contributed by atoms with Gasteiger partial charge >= 0.3 is 17.1 Å². The Balaban J connectivity index is -0.000000143. The van der Waals surface area contributed by atoms with Crippen molar-refractivity contribution in [2.24, 2.45) is 0 Å². The summed E-state index contributed by atoms with van der Waals surface area (Å²) in [4.78, 5) is 19.0. The molecule has 0 saturated carbocycles. The molecule has 0 radical (unpaired) electrons. The number of aliphatic carboxylic acids is 2. The van der Waals surface area contributed by atoms with Crippen LogP contribution in [0.5, 0.6) is 0 Å². The van der Waals surface area contributed by atoms with Gasteiger partial charge in [-0.15, -0.1) is 0 Å². The molecule has 0 saturated heterocycles. The molecule has 13 heavy (non-hydrogen) atoms. The van der Waals surface area contributed by atoms with Crippen LogP contribution < -0.4 is 10.2 Å². The van der Waals surface area contributed by atoms with Crippen LogP contribution in [0.25, 0.3) is 0 Å². The molecule has 0 fully saturated rings. The third kappa shape index (κ3) is 34.4. The minimum atomic E-state index is -0.961. The Morgan fingerprint density at radius 3 is 1.15 bits per heavy atom. The van der Waals surface area contributed by atoms with Gasteiger partial charge in [-0.2, -0.15) is 0 Å². The molecular weight excluding hydrogens is 216 g/mol. The van der Waals surface area contributed by atoms with Crippen molar-refractivity contribution in [3.63, 3.8) is 0 Å². The summed E-state index contributed by atoms with van der Waals surface area (Å²) in [5.41, 5.74) is 0. The summed E-state index contributed by atoms with van der Waals surface area (Å²) in [7, 11) is 0. The van der Waals surface area contributed by atoms with Crippen molar-refractivity contribution >= 4 is 11.9 Å². The van der Waals surface area contributed by atoms with Gasteiger partial charge < -0.3 is 19.8 Å². The Morgan fingerprint density at radius 2 is 1.15 bits per heavy atom. The predicted molar refractivity (Wildman–Crippen MR) is 39.8 cm³/mol. The first-order valence-electron chi connectivity index (χ1n) is 3.94. The SMILES string of the molecule is CCCC(=O)[O-].CCCC(=O)[O-].[Fe+2]. The monoisotopic (exact) mass is 230 g/mol. The van der Waals surface area contributed by atoms with Gasteiger partial charge in [0.1, 0.15) is 0 Å². The summed E-state index contributed by atoms with van der Waals surface area (Å²) in [5, 5.41) is 19.0. The number of carbonyl (C=O) groups excluding carboxylic acids is 2. The van der Waals surface area contributed by atoms with Gasteiger partial charge in [-0.05, 0) is 12.8 Å². The molecule has 0 spiro atoms. The fourth-order valence-corrected chi connectivity index (χ4v) is 0.408. The van der Waals surface area contributed by atoms with Crippen molar-refractivity contribution in [1.29, 1.82) is 0 Å². The molecule has 0 heterocycles. The molecule has 0 rings (SSSR count). The van der Waals surface area contributed by atoms with Gasteiger partial charge in [0.2, 0.25) is 0 Å². The predicted octanol–water partition coefficient (Wildman–Crippen LogP) is -0.930. The maximum absolute atomic E-state index is 9.49. The Bertz CT molecular complexity index is 120. The van der Waals surface area contributed by atoms with E-state index >= 15 is 0 Å². The molecule has 5 heteroatoms. The van der Waals surface area contributed by atoms with Crippen molar-refractivity contribution < 1.29 is 36.9 Å². The van der Waals surface area contributed by atoms with E-state index in [9.17, 15) is 19.8 Å². The van der Waals surface area contributed by atoms with Crippen molar-refractivity contribution in [2.45, 2.75) is 39.5 Å². The smallest absolute Gasteiger partial charge is 0.550 e. The summed E-state index contributed by atoms with van der Waals surface area (Å²) in [6.07, 6.45) is 1.70. The molecule has 0 aliphatic rings. The van der Waals surface area contributed by atoms with E-state index < -0.39 is 11.9 Å². The van der Waals surface area contributed by atoms with Gasteiger partial charge in [-0.25, -0.2) is 0 Å². The van der Waals surface area contributed by atoms with Gasteiger partial charge in [0, 0.05) is 11.9 Å². The standard InChI is InChI=1S/2C4H8O2.Fe/c2*1-2-3-4(5)6;/h2*2-3H2,1H3,(H,5,6);/q;;+2/p-2. The van der Waals surface area contributed by atoms with Crippen LogP contribution in [0.15, 0.2) is 0 Å². The minimum absolute atomic E-state index is 0. The molecule has 4 nitrogen and oxygen atoms in total. The minimum Gasteiger partial charge on any atom is -0.550 e. The van der Waals surface area contributed by atoms with Gasteiger partial charge in [0.15, 0.2) is 0 Å². The number of rotatable bonds is 4. The van der Waals surface area contributed by atoms with E-state index in [0.29, 0.717) is 12.8 Å². The summed E-state index contributed by atoms with van der Waals surface area (Å²) < 4.78 is 0. The third-order valence-electron chi connectivity index (χ3n) is 0.908. The maximum atomic E-state index is 9.49. The second kappa shape index (κ2) is 14.0. The van der Waals surface area contributed by atoms with Crippen LogP contribution in [0, 0.1) is 0 Å². The Kier molecular flexibility index (Phi) is 19.7. The maximum Gasteiger partial charge on any atom is 2.00 e. The molecule has 0 atom stereocenters. The number of hydrogen-bond acceptors (Lipinski definition) is 4. The average molecular weight is 230 g/mol. The van der Waals surface area contributed by atoms with Crippen LogP contribution in [-0.2, 0) is 26.7 Å². The van der Waals surface area contributed by atoms with E-state index in [4.69, 9.17) is 0 Å². The van der Waals surface area contributed by atoms with Crippen LogP contribution in [0.1, 0.15) is 39.5 Å². The van der Waals surface area contributed by atoms with E-state index in [-0.39, 0.29) is 29.9 Å². The third-order valence-corrected chi connectivity index (χ3v) is 0.908. The van der Waals surface area contributed by atoms with E-state index in [1.54, 1.807) is 13.8 Å². The Morgan fingerprint density at radius 1 is 0.923 bits per heavy atom. The Hall–Kier alpha value is -0.541. The molecule has 0 aliphatic heterocycles. The van der Waals surface area contributed by atoms with Crippen molar-refractivity contribution in [3.8, 4) is 0 Å². The zero-order valence-electron chi connectivity index (χ0n) is 7.81. The van der Waals surface area contributed by atoms with E-state index in [1.807, 2.05) is 0 Å². The molecule has 0 aromatic heterocycles. The molecule has 0 aromatic rings. The largest absolute Gasteiger partial charge is 2.00 e. The number of carboxylic acids is 2. The van der Waals surface area contributed by atoms with Crippen LogP contribution >= 0.6 is 0 Å². The van der Waals surface area contributed by atoms with Gasteiger partial charge in [-0.1, -0.05) is 26.7 Å². The second-order valence-corrected chi connectivity index (χ2v) is 2.24. The van der Waals surface area contributed by atoms with Crippen molar-refractivity contribution in [2.75, 3.05) is 0 Å².